The van der Waals surface area contributed by atoms with Crippen molar-refractivity contribution in [2.75, 3.05) is 5.32 Å². The smallest absolute Gasteiger partial charge is 0.335 e. The Morgan fingerprint density at radius 2 is 1.88 bits per heavy atom. The molecule has 0 amide bonds. The van der Waals surface area contributed by atoms with Gasteiger partial charge >= 0.3 is 5.97 Å². The van der Waals surface area contributed by atoms with E-state index in [1.54, 1.807) is 6.07 Å². The molecule has 1 aliphatic carbocycles. The van der Waals surface area contributed by atoms with Crippen LogP contribution in [0.3, 0.4) is 0 Å². The van der Waals surface area contributed by atoms with Gasteiger partial charge in [0.2, 0.25) is 10.0 Å². The summed E-state index contributed by atoms with van der Waals surface area (Å²) in [6.45, 7) is 4.06. The van der Waals surface area contributed by atoms with Crippen LogP contribution >= 0.6 is 0 Å². The Balaban J connectivity index is 2.32. The zero-order valence-corrected chi connectivity index (χ0v) is 16.4. The van der Waals surface area contributed by atoms with Crippen LogP contribution < -0.4 is 10.0 Å². The number of benzene rings is 1. The summed E-state index contributed by atoms with van der Waals surface area (Å²) in [5.74, 6) is -1.14. The molecule has 2 rings (SSSR count). The Bertz CT molecular complexity index is 710. The summed E-state index contributed by atoms with van der Waals surface area (Å²) in [5.41, 5.74) is 0.428. The molecule has 1 aromatic carbocycles. The van der Waals surface area contributed by atoms with Crippen molar-refractivity contribution in [3.8, 4) is 0 Å². The lowest BCUT2D eigenvalue weighted by atomic mass is 10.1. The molecular formula is C19H30N2O4S. The molecule has 6 nitrogen and oxygen atoms in total. The average Bonchev–Trinajstić information content (AvgIpc) is 2.83. The summed E-state index contributed by atoms with van der Waals surface area (Å²) >= 11 is 0. The van der Waals surface area contributed by atoms with E-state index >= 15 is 0 Å². The average molecular weight is 383 g/mol. The first kappa shape index (κ1) is 20.7. The van der Waals surface area contributed by atoms with Crippen molar-refractivity contribution in [1.29, 1.82) is 0 Å². The van der Waals surface area contributed by atoms with Crippen molar-refractivity contribution in [2.45, 2.75) is 82.2 Å². The minimum absolute atomic E-state index is 0.0181. The molecule has 0 unspecified atom stereocenters. The Kier molecular flexibility index (Phi) is 7.46. The molecule has 0 spiro atoms. The second-order valence-corrected chi connectivity index (χ2v) is 8.84. The van der Waals surface area contributed by atoms with E-state index in [9.17, 15) is 18.3 Å². The molecule has 1 atom stereocenters. The quantitative estimate of drug-likeness (QED) is 0.591. The van der Waals surface area contributed by atoms with E-state index in [0.717, 1.165) is 51.4 Å². The lowest BCUT2D eigenvalue weighted by Gasteiger charge is -2.21. The second kappa shape index (κ2) is 9.37. The fraction of sp³-hybridized carbons (Fsp3) is 0.632. The topological polar surface area (TPSA) is 95.5 Å². The number of carbonyl (C=O) groups is 1. The molecule has 3 N–H and O–H groups in total. The molecule has 1 fully saturated rings. The maximum absolute atomic E-state index is 13.0. The molecule has 1 aromatic rings. The molecule has 7 heteroatoms. The summed E-state index contributed by atoms with van der Waals surface area (Å²) < 4.78 is 28.8. The van der Waals surface area contributed by atoms with E-state index < -0.39 is 16.0 Å². The second-order valence-electron chi connectivity index (χ2n) is 7.16. The van der Waals surface area contributed by atoms with E-state index in [1.807, 2.05) is 6.92 Å². The number of aromatic carboxylic acids is 1. The van der Waals surface area contributed by atoms with Crippen molar-refractivity contribution in [3.63, 3.8) is 0 Å². The van der Waals surface area contributed by atoms with Crippen molar-refractivity contribution in [3.05, 3.63) is 23.8 Å². The highest BCUT2D eigenvalue weighted by atomic mass is 32.2. The van der Waals surface area contributed by atoms with Gasteiger partial charge in [0.1, 0.15) is 4.90 Å². The fourth-order valence-electron chi connectivity index (χ4n) is 3.45. The number of nitrogens with one attached hydrogen (secondary N) is 2. The standard InChI is InChI=1S/C19H30N2O4S/c1-3-8-14(2)20-17-12-11-15(19(22)23)13-18(17)26(24,25)21-16-9-6-4-5-7-10-16/h11-14,16,20-21H,3-10H2,1-2H3,(H,22,23)/t14-/m0/s1. The van der Waals surface area contributed by atoms with E-state index in [2.05, 4.69) is 17.0 Å². The maximum atomic E-state index is 13.0. The number of rotatable bonds is 8. The summed E-state index contributed by atoms with van der Waals surface area (Å²) in [7, 11) is -3.80. The van der Waals surface area contributed by atoms with Crippen molar-refractivity contribution in [1.82, 2.24) is 4.72 Å². The van der Waals surface area contributed by atoms with Crippen LogP contribution in [0.15, 0.2) is 23.1 Å². The van der Waals surface area contributed by atoms with Gasteiger partial charge in [0.15, 0.2) is 0 Å². The fourth-order valence-corrected chi connectivity index (χ4v) is 4.95. The lowest BCUT2D eigenvalue weighted by Crippen LogP contribution is -2.35. The van der Waals surface area contributed by atoms with Gasteiger partial charge in [-0.2, -0.15) is 0 Å². The van der Waals surface area contributed by atoms with Gasteiger partial charge in [-0.15, -0.1) is 0 Å². The molecule has 0 saturated heterocycles. The molecule has 0 aliphatic heterocycles. The monoisotopic (exact) mass is 382 g/mol. The highest BCUT2D eigenvalue weighted by molar-refractivity contribution is 7.89. The van der Waals surface area contributed by atoms with Crippen LogP contribution in [-0.2, 0) is 10.0 Å². The largest absolute Gasteiger partial charge is 0.478 e. The molecule has 0 heterocycles. The van der Waals surface area contributed by atoms with Crippen LogP contribution in [0.4, 0.5) is 5.69 Å². The summed E-state index contributed by atoms with van der Waals surface area (Å²) in [6.07, 6.45) is 7.82. The highest BCUT2D eigenvalue weighted by Crippen LogP contribution is 2.26. The zero-order chi connectivity index (χ0) is 19.2. The first-order chi connectivity index (χ1) is 12.3. The molecular weight excluding hydrogens is 352 g/mol. The molecule has 146 valence electrons. The van der Waals surface area contributed by atoms with Crippen molar-refractivity contribution >= 4 is 21.7 Å². The minimum Gasteiger partial charge on any atom is -0.478 e. The van der Waals surface area contributed by atoms with Gasteiger partial charge in [-0.25, -0.2) is 17.9 Å². The first-order valence-corrected chi connectivity index (χ1v) is 11.0. The maximum Gasteiger partial charge on any atom is 0.335 e. The van der Waals surface area contributed by atoms with E-state index in [-0.39, 0.29) is 22.5 Å². The number of anilines is 1. The van der Waals surface area contributed by atoms with Crippen molar-refractivity contribution in [2.24, 2.45) is 0 Å². The van der Waals surface area contributed by atoms with Crippen LogP contribution in [-0.4, -0.2) is 31.6 Å². The SMILES string of the molecule is CCC[C@H](C)Nc1ccc(C(=O)O)cc1S(=O)(=O)NC1CCCCCC1. The van der Waals surface area contributed by atoms with Crippen LogP contribution in [0.1, 0.15) is 75.6 Å². The molecule has 0 aromatic heterocycles. The van der Waals surface area contributed by atoms with Crippen molar-refractivity contribution < 1.29 is 18.3 Å². The zero-order valence-electron chi connectivity index (χ0n) is 15.6. The molecule has 1 aliphatic rings. The Labute approximate surface area is 156 Å². The molecule has 0 bridgehead atoms. The van der Waals surface area contributed by atoms with Gasteiger partial charge < -0.3 is 10.4 Å². The van der Waals surface area contributed by atoms with Crippen LogP contribution in [0.25, 0.3) is 0 Å². The summed E-state index contributed by atoms with van der Waals surface area (Å²) in [5, 5.41) is 12.5. The summed E-state index contributed by atoms with van der Waals surface area (Å²) in [6, 6.07) is 4.26. The van der Waals surface area contributed by atoms with E-state index in [1.165, 1.54) is 12.1 Å². The Morgan fingerprint density at radius 3 is 2.46 bits per heavy atom. The van der Waals surface area contributed by atoms with Crippen LogP contribution in [0.5, 0.6) is 0 Å². The molecule has 0 radical (unpaired) electrons. The van der Waals surface area contributed by atoms with Gasteiger partial charge in [0.25, 0.3) is 0 Å². The molecule has 26 heavy (non-hydrogen) atoms. The normalized spacial score (nSPS) is 17.5. The third kappa shape index (κ3) is 5.71. The summed E-state index contributed by atoms with van der Waals surface area (Å²) in [4.78, 5) is 11.3. The van der Waals surface area contributed by atoms with Gasteiger partial charge in [-0.3, -0.25) is 0 Å². The number of sulfonamides is 1. The van der Waals surface area contributed by atoms with Gasteiger partial charge in [0, 0.05) is 12.1 Å². The minimum atomic E-state index is -3.80. The number of hydrogen-bond donors (Lipinski definition) is 3. The highest BCUT2D eigenvalue weighted by Gasteiger charge is 2.25. The van der Waals surface area contributed by atoms with Crippen LogP contribution in [0.2, 0.25) is 0 Å². The Hall–Kier alpha value is -1.60. The lowest BCUT2D eigenvalue weighted by molar-refractivity contribution is 0.0696. The van der Waals surface area contributed by atoms with E-state index in [0.29, 0.717) is 5.69 Å². The molecule has 1 saturated carbocycles. The predicted molar refractivity (Wildman–Crippen MR) is 103 cm³/mol. The number of carboxylic acid groups (broad SMARTS) is 1. The van der Waals surface area contributed by atoms with Crippen LogP contribution in [0, 0.1) is 0 Å². The number of hydrogen-bond acceptors (Lipinski definition) is 4. The van der Waals surface area contributed by atoms with Gasteiger partial charge in [0.05, 0.1) is 11.3 Å². The third-order valence-electron chi connectivity index (χ3n) is 4.82. The van der Waals surface area contributed by atoms with Gasteiger partial charge in [-0.1, -0.05) is 39.0 Å². The predicted octanol–water partition coefficient (Wildman–Crippen LogP) is 3.99. The first-order valence-electron chi connectivity index (χ1n) is 9.49. The Morgan fingerprint density at radius 1 is 1.23 bits per heavy atom. The van der Waals surface area contributed by atoms with E-state index in [4.69, 9.17) is 0 Å². The third-order valence-corrected chi connectivity index (χ3v) is 6.38. The number of carboxylic acids is 1. The van der Waals surface area contributed by atoms with Gasteiger partial charge in [-0.05, 0) is 44.4 Å².